The molecule has 2 aromatic carbocycles. The third-order valence-corrected chi connectivity index (χ3v) is 6.36. The maximum absolute atomic E-state index is 13.5. The van der Waals surface area contributed by atoms with Gasteiger partial charge in [-0.3, -0.25) is 0 Å². The highest BCUT2D eigenvalue weighted by Crippen LogP contribution is 2.42. The van der Waals surface area contributed by atoms with Gasteiger partial charge in [0.1, 0.15) is 16.5 Å². The van der Waals surface area contributed by atoms with E-state index in [0.29, 0.717) is 41.8 Å². The molecule has 0 radical (unpaired) electrons. The Morgan fingerprint density at radius 1 is 1.17 bits per heavy atom. The van der Waals surface area contributed by atoms with Gasteiger partial charge in [0.05, 0.1) is 5.39 Å². The molecule has 0 aliphatic heterocycles. The molecule has 0 spiro atoms. The van der Waals surface area contributed by atoms with E-state index in [1.54, 1.807) is 5.38 Å². The van der Waals surface area contributed by atoms with Crippen LogP contribution < -0.4 is 4.74 Å². The monoisotopic (exact) mass is 504 g/mol. The Bertz CT molecular complexity index is 1330. The van der Waals surface area contributed by atoms with Gasteiger partial charge in [-0.2, -0.15) is 13.2 Å². The molecule has 35 heavy (non-hydrogen) atoms. The molecule has 0 saturated heterocycles. The summed E-state index contributed by atoms with van der Waals surface area (Å²) in [4.78, 5) is 16.7. The number of alkyl halides is 3. The zero-order chi connectivity index (χ0) is 25.2. The number of benzene rings is 2. The van der Waals surface area contributed by atoms with Gasteiger partial charge in [-0.25, -0.2) is 9.78 Å². The highest BCUT2D eigenvalue weighted by Gasteiger charge is 2.38. The third-order valence-electron chi connectivity index (χ3n) is 5.45. The van der Waals surface area contributed by atoms with Gasteiger partial charge in [0, 0.05) is 16.5 Å². The summed E-state index contributed by atoms with van der Waals surface area (Å²) in [6.07, 6.45) is -4.21. The van der Waals surface area contributed by atoms with E-state index in [1.165, 1.54) is 17.4 Å². The van der Waals surface area contributed by atoms with Crippen molar-refractivity contribution in [2.75, 3.05) is 0 Å². The maximum atomic E-state index is 13.5. The van der Waals surface area contributed by atoms with Gasteiger partial charge in [-0.1, -0.05) is 62.2 Å². The van der Waals surface area contributed by atoms with Crippen LogP contribution in [0.3, 0.4) is 0 Å². The Balaban J connectivity index is 1.82. The van der Waals surface area contributed by atoms with E-state index in [1.807, 2.05) is 44.2 Å². The minimum atomic E-state index is -4.68. The van der Waals surface area contributed by atoms with Gasteiger partial charge < -0.3 is 14.4 Å². The minimum Gasteiger partial charge on any atom is -0.478 e. The largest absolute Gasteiger partial charge is 0.478 e. The topological polar surface area (TPSA) is 85.5 Å². The van der Waals surface area contributed by atoms with Crippen LogP contribution in [0.5, 0.6) is 5.75 Å². The summed E-state index contributed by atoms with van der Waals surface area (Å²) in [6, 6.07) is 10.7. The number of thiazole rings is 1. The number of hydrogen-bond acceptors (Lipinski definition) is 6. The predicted octanol–water partition coefficient (Wildman–Crippen LogP) is 7.08. The lowest BCUT2D eigenvalue weighted by Crippen LogP contribution is -2.20. The van der Waals surface area contributed by atoms with Crippen LogP contribution in [0.25, 0.3) is 21.5 Å². The third kappa shape index (κ3) is 5.02. The number of fused-ring (bicyclic) bond motifs is 1. The van der Waals surface area contributed by atoms with Crippen LogP contribution in [-0.4, -0.2) is 21.2 Å². The number of hydrogen-bond donors (Lipinski definition) is 1. The van der Waals surface area contributed by atoms with Crippen molar-refractivity contribution in [2.24, 2.45) is 0 Å². The number of aromatic nitrogens is 2. The fraction of sp³-hybridized carbons (Fsp3) is 0.320. The summed E-state index contributed by atoms with van der Waals surface area (Å²) >= 11 is 1.29. The first-order valence-corrected chi connectivity index (χ1v) is 12.0. The van der Waals surface area contributed by atoms with Gasteiger partial charge >= 0.3 is 12.1 Å². The van der Waals surface area contributed by atoms with Crippen LogP contribution in [-0.2, 0) is 23.8 Å². The molecule has 0 bridgehead atoms. The summed E-state index contributed by atoms with van der Waals surface area (Å²) in [5, 5.41) is 15.4. The standard InChI is InChI=1S/C25H23F3N2O4S/c1-3-8-15-12-17-20(34-30-22(17)25(26,27)28)16(9-4-2)19(15)33-21(24(31)32)18-13-35-23(29-18)14-10-6-5-7-11-14/h5-7,10-13,21H,3-4,8-9H2,1-2H3,(H,31,32). The first-order chi connectivity index (χ1) is 16.7. The van der Waals surface area contributed by atoms with Crippen LogP contribution in [0, 0.1) is 0 Å². The minimum absolute atomic E-state index is 0.0404. The predicted molar refractivity (Wildman–Crippen MR) is 126 cm³/mol. The van der Waals surface area contributed by atoms with Gasteiger partial charge in [0.15, 0.2) is 11.3 Å². The average Bonchev–Trinajstić information content (AvgIpc) is 3.47. The zero-order valence-electron chi connectivity index (χ0n) is 19.1. The lowest BCUT2D eigenvalue weighted by atomic mass is 9.97. The number of carbonyl (C=O) groups is 1. The van der Waals surface area contributed by atoms with Crippen molar-refractivity contribution in [3.63, 3.8) is 0 Å². The molecule has 1 unspecified atom stereocenters. The van der Waals surface area contributed by atoms with Crippen LogP contribution in [0.2, 0.25) is 0 Å². The van der Waals surface area contributed by atoms with E-state index < -0.39 is 23.9 Å². The Hall–Kier alpha value is -3.40. The molecule has 0 aliphatic carbocycles. The molecule has 0 amide bonds. The Morgan fingerprint density at radius 2 is 1.89 bits per heavy atom. The molecule has 2 aromatic heterocycles. The molecule has 0 aliphatic rings. The van der Waals surface area contributed by atoms with E-state index in [9.17, 15) is 23.1 Å². The normalized spacial score (nSPS) is 12.7. The smallest absolute Gasteiger partial charge is 0.437 e. The molecule has 184 valence electrons. The number of aliphatic carboxylic acids is 1. The molecular weight excluding hydrogens is 481 g/mol. The average molecular weight is 505 g/mol. The number of aryl methyl sites for hydroxylation is 2. The van der Waals surface area contributed by atoms with Crippen molar-refractivity contribution in [3.8, 4) is 16.3 Å². The zero-order valence-corrected chi connectivity index (χ0v) is 19.9. The molecule has 0 fully saturated rings. The van der Waals surface area contributed by atoms with Gasteiger partial charge in [0.25, 0.3) is 0 Å². The molecule has 1 N–H and O–H groups in total. The SMILES string of the molecule is CCCc1cc2c(C(F)(F)F)noc2c(CCC)c1OC(C(=O)O)c1csc(-c2ccccc2)n1. The maximum Gasteiger partial charge on any atom is 0.437 e. The van der Waals surface area contributed by atoms with Gasteiger partial charge in [-0.15, -0.1) is 11.3 Å². The van der Waals surface area contributed by atoms with Crippen molar-refractivity contribution in [3.05, 3.63) is 64.3 Å². The van der Waals surface area contributed by atoms with Crippen LogP contribution in [0.4, 0.5) is 13.2 Å². The molecule has 2 heterocycles. The Labute approximate surface area is 203 Å². The molecule has 6 nitrogen and oxygen atoms in total. The van der Waals surface area contributed by atoms with Crippen LogP contribution >= 0.6 is 11.3 Å². The van der Waals surface area contributed by atoms with Crippen molar-refractivity contribution in [1.82, 2.24) is 10.1 Å². The summed E-state index contributed by atoms with van der Waals surface area (Å²) in [5.74, 6) is -1.04. The fourth-order valence-corrected chi connectivity index (χ4v) is 4.78. The number of carboxylic acid groups (broad SMARTS) is 1. The van der Waals surface area contributed by atoms with Crippen molar-refractivity contribution < 1.29 is 32.3 Å². The second-order valence-electron chi connectivity index (χ2n) is 8.03. The van der Waals surface area contributed by atoms with Gasteiger partial charge in [0.2, 0.25) is 6.10 Å². The summed E-state index contributed by atoms with van der Waals surface area (Å²) in [7, 11) is 0. The van der Waals surface area contributed by atoms with E-state index >= 15 is 0 Å². The second-order valence-corrected chi connectivity index (χ2v) is 8.89. The number of rotatable bonds is 9. The van der Waals surface area contributed by atoms with Crippen molar-refractivity contribution in [2.45, 2.75) is 51.8 Å². The molecule has 4 aromatic rings. The quantitative estimate of drug-likeness (QED) is 0.262. The number of carboxylic acids is 1. The molecule has 0 saturated carbocycles. The number of ether oxygens (including phenoxy) is 1. The summed E-state index contributed by atoms with van der Waals surface area (Å²) < 4.78 is 51.8. The highest BCUT2D eigenvalue weighted by molar-refractivity contribution is 7.13. The van der Waals surface area contributed by atoms with E-state index in [4.69, 9.17) is 9.26 Å². The second kappa shape index (κ2) is 10.1. The van der Waals surface area contributed by atoms with E-state index in [0.717, 1.165) is 5.56 Å². The van der Waals surface area contributed by atoms with Crippen LogP contribution in [0.15, 0.2) is 46.3 Å². The lowest BCUT2D eigenvalue weighted by Gasteiger charge is -2.20. The number of halogens is 3. The highest BCUT2D eigenvalue weighted by atomic mass is 32.1. The van der Waals surface area contributed by atoms with Crippen molar-refractivity contribution >= 4 is 28.3 Å². The van der Waals surface area contributed by atoms with E-state index in [-0.39, 0.29) is 22.4 Å². The summed E-state index contributed by atoms with van der Waals surface area (Å²) in [6.45, 7) is 3.75. The lowest BCUT2D eigenvalue weighted by molar-refractivity contribution is -0.145. The number of nitrogens with zero attached hydrogens (tertiary/aromatic N) is 2. The van der Waals surface area contributed by atoms with E-state index in [2.05, 4.69) is 10.1 Å². The van der Waals surface area contributed by atoms with Crippen LogP contribution in [0.1, 0.15) is 55.3 Å². The summed E-state index contributed by atoms with van der Waals surface area (Å²) in [5.41, 5.74) is 0.758. The fourth-order valence-electron chi connectivity index (χ4n) is 3.94. The first kappa shape index (κ1) is 24.7. The first-order valence-electron chi connectivity index (χ1n) is 11.2. The van der Waals surface area contributed by atoms with Crippen molar-refractivity contribution in [1.29, 1.82) is 0 Å². The molecule has 1 atom stereocenters. The molecule has 10 heteroatoms. The Morgan fingerprint density at radius 3 is 2.51 bits per heavy atom. The Kier molecular flexibility index (Phi) is 7.11. The molecule has 4 rings (SSSR count). The molecular formula is C25H23F3N2O4S. The van der Waals surface area contributed by atoms with Gasteiger partial charge in [-0.05, 0) is 24.5 Å².